The van der Waals surface area contributed by atoms with E-state index in [2.05, 4.69) is 131 Å². The first-order chi connectivity index (χ1) is 14.9. The number of benzene rings is 3. The molecule has 6 rings (SSSR count). The van der Waals surface area contributed by atoms with Crippen LogP contribution in [0, 0.1) is 0 Å². The zero-order valence-electron chi connectivity index (χ0n) is 16.4. The molecule has 5 aromatic rings. The number of para-hydroxylation sites is 2. The molecule has 0 radical (unpaired) electrons. The first kappa shape index (κ1) is 16.9. The van der Waals surface area contributed by atoms with Crippen molar-refractivity contribution in [3.05, 3.63) is 122 Å². The van der Waals surface area contributed by atoms with Crippen molar-refractivity contribution in [1.82, 2.24) is 0 Å². The number of pyridine rings is 2. The van der Waals surface area contributed by atoms with Gasteiger partial charge in [-0.3, -0.25) is 0 Å². The number of hydrogen-bond acceptors (Lipinski definition) is 0. The average molecular weight is 384 g/mol. The second kappa shape index (κ2) is 6.78. The second-order valence-electron chi connectivity index (χ2n) is 7.53. The minimum atomic E-state index is 1.18. The van der Waals surface area contributed by atoms with Crippen molar-refractivity contribution in [1.29, 1.82) is 0 Å². The number of rotatable bonds is 1. The first-order valence-corrected chi connectivity index (χ1v) is 10.2. The van der Waals surface area contributed by atoms with Gasteiger partial charge >= 0.3 is 0 Å². The standard InChI is InChI=1S/C28H20N2/c1-2-10-21(11-3-1)22-17-19-30-26-14-6-4-12-23(26)25-16-8-9-18-29(25)27-15-7-5-13-24(27)28(30)20-22/h1-20H/q+2. The molecule has 1 aliphatic rings. The smallest absolute Gasteiger partial charge is 0.159 e. The summed E-state index contributed by atoms with van der Waals surface area (Å²) in [5, 5.41) is 0. The predicted molar refractivity (Wildman–Crippen MR) is 119 cm³/mol. The van der Waals surface area contributed by atoms with Crippen LogP contribution in [0.2, 0.25) is 0 Å². The molecule has 0 bridgehead atoms. The van der Waals surface area contributed by atoms with Crippen LogP contribution in [0.1, 0.15) is 0 Å². The van der Waals surface area contributed by atoms with E-state index in [9.17, 15) is 0 Å². The maximum atomic E-state index is 2.32. The summed E-state index contributed by atoms with van der Waals surface area (Å²) in [7, 11) is 0. The van der Waals surface area contributed by atoms with E-state index in [1.165, 1.54) is 45.0 Å². The Morgan fingerprint density at radius 3 is 1.77 bits per heavy atom. The summed E-state index contributed by atoms with van der Waals surface area (Å²) in [6.07, 6.45) is 4.35. The third kappa shape index (κ3) is 2.58. The van der Waals surface area contributed by atoms with Gasteiger partial charge in [-0.2, -0.15) is 9.13 Å². The highest BCUT2D eigenvalue weighted by Gasteiger charge is 2.32. The molecule has 140 valence electrons. The zero-order valence-corrected chi connectivity index (χ0v) is 16.4. The van der Waals surface area contributed by atoms with E-state index in [1.54, 1.807) is 0 Å². The SMILES string of the molecule is c1ccc(-c2cc[n+]3c(c2)-c2ccccc2-[n+]2ccccc2-c2ccccc2-3)cc1. The molecule has 2 nitrogen and oxygen atoms in total. The highest BCUT2D eigenvalue weighted by Crippen LogP contribution is 2.32. The predicted octanol–water partition coefficient (Wildman–Crippen LogP) is 5.55. The Hall–Kier alpha value is -4.04. The van der Waals surface area contributed by atoms with Crippen LogP contribution in [0.3, 0.4) is 0 Å². The molecule has 0 atom stereocenters. The maximum Gasteiger partial charge on any atom is 0.225 e. The molecule has 0 amide bonds. The number of hydrogen-bond donors (Lipinski definition) is 0. The lowest BCUT2D eigenvalue weighted by molar-refractivity contribution is -0.598. The van der Waals surface area contributed by atoms with Gasteiger partial charge in [-0.05, 0) is 29.3 Å². The molecule has 3 heterocycles. The summed E-state index contributed by atoms with van der Waals surface area (Å²) in [5.74, 6) is 0. The molecule has 0 saturated heterocycles. The number of fused-ring (bicyclic) bond motifs is 8. The Morgan fingerprint density at radius 2 is 1.00 bits per heavy atom. The lowest BCUT2D eigenvalue weighted by atomic mass is 9.98. The Balaban J connectivity index is 1.73. The second-order valence-corrected chi connectivity index (χ2v) is 7.53. The van der Waals surface area contributed by atoms with Crippen LogP contribution >= 0.6 is 0 Å². The summed E-state index contributed by atoms with van der Waals surface area (Å²) >= 11 is 0. The monoisotopic (exact) mass is 384 g/mol. The fourth-order valence-electron chi connectivity index (χ4n) is 4.40. The summed E-state index contributed by atoms with van der Waals surface area (Å²) in [4.78, 5) is 0. The summed E-state index contributed by atoms with van der Waals surface area (Å²) in [6, 6.07) is 38.8. The Bertz CT molecular complexity index is 1380. The third-order valence-electron chi connectivity index (χ3n) is 5.80. The van der Waals surface area contributed by atoms with E-state index in [4.69, 9.17) is 0 Å². The van der Waals surface area contributed by atoms with Gasteiger partial charge in [-0.1, -0.05) is 54.6 Å². The minimum Gasteiger partial charge on any atom is -0.159 e. The molecule has 3 aromatic carbocycles. The molecular formula is C28H20N2+2. The van der Waals surface area contributed by atoms with Gasteiger partial charge in [0.1, 0.15) is 11.1 Å². The molecule has 0 N–H and O–H groups in total. The zero-order chi connectivity index (χ0) is 19.9. The highest BCUT2D eigenvalue weighted by molar-refractivity contribution is 5.75. The fraction of sp³-hybridized carbons (Fsp3) is 0. The molecule has 0 spiro atoms. The van der Waals surface area contributed by atoms with E-state index in [0.29, 0.717) is 0 Å². The molecule has 0 aliphatic carbocycles. The highest BCUT2D eigenvalue weighted by atomic mass is 15.0. The number of aromatic nitrogens is 2. The van der Waals surface area contributed by atoms with Crippen molar-refractivity contribution in [2.75, 3.05) is 0 Å². The van der Waals surface area contributed by atoms with Crippen molar-refractivity contribution in [3.63, 3.8) is 0 Å². The van der Waals surface area contributed by atoms with E-state index in [-0.39, 0.29) is 0 Å². The molecule has 0 saturated carbocycles. The van der Waals surface area contributed by atoms with Gasteiger partial charge < -0.3 is 0 Å². The lowest BCUT2D eigenvalue weighted by Gasteiger charge is -2.14. The molecule has 1 aliphatic heterocycles. The van der Waals surface area contributed by atoms with Crippen LogP contribution in [0.4, 0.5) is 0 Å². The third-order valence-corrected chi connectivity index (χ3v) is 5.80. The van der Waals surface area contributed by atoms with Crippen molar-refractivity contribution in [3.8, 4) is 45.0 Å². The largest absolute Gasteiger partial charge is 0.225 e. The topological polar surface area (TPSA) is 7.76 Å². The van der Waals surface area contributed by atoms with Gasteiger partial charge in [0.2, 0.25) is 22.8 Å². The molecule has 30 heavy (non-hydrogen) atoms. The minimum absolute atomic E-state index is 1.18. The lowest BCUT2D eigenvalue weighted by Crippen LogP contribution is -2.41. The van der Waals surface area contributed by atoms with Crippen molar-refractivity contribution >= 4 is 0 Å². The summed E-state index contributed by atoms with van der Waals surface area (Å²) < 4.78 is 4.62. The number of nitrogens with zero attached hydrogens (tertiary/aromatic N) is 2. The first-order valence-electron chi connectivity index (χ1n) is 10.2. The molecule has 0 unspecified atom stereocenters. The van der Waals surface area contributed by atoms with Gasteiger partial charge in [0, 0.05) is 36.4 Å². The molecule has 2 aromatic heterocycles. The average Bonchev–Trinajstić information content (AvgIpc) is 2.83. The molecule has 2 heteroatoms. The van der Waals surface area contributed by atoms with Crippen molar-refractivity contribution in [2.24, 2.45) is 0 Å². The van der Waals surface area contributed by atoms with Gasteiger partial charge in [-0.15, -0.1) is 0 Å². The Kier molecular flexibility index (Phi) is 3.82. The summed E-state index contributed by atoms with van der Waals surface area (Å²) in [6.45, 7) is 0. The van der Waals surface area contributed by atoms with Crippen LogP contribution in [-0.4, -0.2) is 0 Å². The maximum absolute atomic E-state index is 2.32. The van der Waals surface area contributed by atoms with Crippen molar-refractivity contribution < 1.29 is 9.13 Å². The van der Waals surface area contributed by atoms with Crippen LogP contribution in [0.15, 0.2) is 122 Å². The van der Waals surface area contributed by atoms with E-state index in [0.717, 1.165) is 0 Å². The van der Waals surface area contributed by atoms with Crippen LogP contribution in [-0.2, 0) is 0 Å². The summed E-state index contributed by atoms with van der Waals surface area (Å²) in [5.41, 5.74) is 9.60. The van der Waals surface area contributed by atoms with Gasteiger partial charge in [-0.25, -0.2) is 0 Å². The Labute approximate surface area is 176 Å². The van der Waals surface area contributed by atoms with Gasteiger partial charge in [0.15, 0.2) is 12.4 Å². The fourth-order valence-corrected chi connectivity index (χ4v) is 4.40. The van der Waals surface area contributed by atoms with E-state index >= 15 is 0 Å². The molecular weight excluding hydrogens is 364 g/mol. The van der Waals surface area contributed by atoms with Crippen LogP contribution < -0.4 is 9.13 Å². The van der Waals surface area contributed by atoms with E-state index < -0.39 is 0 Å². The van der Waals surface area contributed by atoms with Crippen molar-refractivity contribution in [2.45, 2.75) is 0 Å². The van der Waals surface area contributed by atoms with Crippen LogP contribution in [0.5, 0.6) is 0 Å². The quantitative estimate of drug-likeness (QED) is 0.328. The molecule has 0 fully saturated rings. The normalized spacial score (nSPS) is 11.3. The Morgan fingerprint density at radius 1 is 0.400 bits per heavy atom. The van der Waals surface area contributed by atoms with Crippen LogP contribution in [0.25, 0.3) is 45.0 Å². The van der Waals surface area contributed by atoms with Gasteiger partial charge in [0.05, 0.1) is 0 Å². The van der Waals surface area contributed by atoms with Gasteiger partial charge in [0.25, 0.3) is 0 Å². The van der Waals surface area contributed by atoms with E-state index in [1.807, 2.05) is 0 Å².